The lowest BCUT2D eigenvalue weighted by Gasteiger charge is -2.14. The Bertz CT molecular complexity index is 889. The molecule has 132 valence electrons. The van der Waals surface area contributed by atoms with Crippen LogP contribution >= 0.6 is 11.8 Å². The molecule has 0 saturated heterocycles. The SMILES string of the molecule is CCc1cccc(CC)c1NC(=O)CSc1nc(N)c(C#N)cc1C#N. The topological polar surface area (TPSA) is 116 Å². The smallest absolute Gasteiger partial charge is 0.234 e. The number of rotatable bonds is 6. The van der Waals surface area contributed by atoms with Gasteiger partial charge in [0.05, 0.1) is 16.9 Å². The molecule has 0 fully saturated rings. The second-order valence-electron chi connectivity index (χ2n) is 5.49. The monoisotopic (exact) mass is 365 g/mol. The number of aryl methyl sites for hydroxylation is 2. The van der Waals surface area contributed by atoms with Gasteiger partial charge in [0, 0.05) is 5.69 Å². The van der Waals surface area contributed by atoms with E-state index in [1.54, 1.807) is 0 Å². The van der Waals surface area contributed by atoms with Gasteiger partial charge < -0.3 is 11.1 Å². The van der Waals surface area contributed by atoms with Crippen molar-refractivity contribution in [2.24, 2.45) is 0 Å². The number of amides is 1. The number of benzene rings is 1. The van der Waals surface area contributed by atoms with E-state index in [1.807, 2.05) is 44.2 Å². The molecule has 0 atom stereocenters. The lowest BCUT2D eigenvalue weighted by molar-refractivity contribution is -0.113. The van der Waals surface area contributed by atoms with Crippen LogP contribution in [0, 0.1) is 22.7 Å². The van der Waals surface area contributed by atoms with Crippen molar-refractivity contribution in [1.29, 1.82) is 10.5 Å². The van der Waals surface area contributed by atoms with E-state index in [9.17, 15) is 10.1 Å². The summed E-state index contributed by atoms with van der Waals surface area (Å²) < 4.78 is 0. The van der Waals surface area contributed by atoms with Crippen LogP contribution in [0.4, 0.5) is 11.5 Å². The van der Waals surface area contributed by atoms with Gasteiger partial charge in [-0.2, -0.15) is 10.5 Å². The third-order valence-corrected chi connectivity index (χ3v) is 4.85. The predicted octanol–water partition coefficient (Wildman–Crippen LogP) is 3.26. The number of nitrogens with two attached hydrogens (primary N) is 1. The summed E-state index contributed by atoms with van der Waals surface area (Å²) in [6, 6.07) is 11.3. The van der Waals surface area contributed by atoms with E-state index in [0.717, 1.165) is 41.4 Å². The van der Waals surface area contributed by atoms with E-state index in [4.69, 9.17) is 11.0 Å². The molecule has 0 aliphatic carbocycles. The normalized spacial score (nSPS) is 10.0. The fraction of sp³-hybridized carbons (Fsp3) is 0.263. The molecular formula is C19H19N5OS. The molecule has 1 heterocycles. The minimum Gasteiger partial charge on any atom is -0.383 e. The van der Waals surface area contributed by atoms with E-state index in [1.165, 1.54) is 6.07 Å². The summed E-state index contributed by atoms with van der Waals surface area (Å²) in [5.74, 6) is -0.0352. The maximum absolute atomic E-state index is 12.4. The average molecular weight is 365 g/mol. The second-order valence-corrected chi connectivity index (χ2v) is 6.46. The molecule has 1 aromatic carbocycles. The van der Waals surface area contributed by atoms with Crippen molar-refractivity contribution in [1.82, 2.24) is 4.98 Å². The number of aromatic nitrogens is 1. The summed E-state index contributed by atoms with van der Waals surface area (Å²) in [5.41, 5.74) is 9.12. The number of thioether (sulfide) groups is 1. The summed E-state index contributed by atoms with van der Waals surface area (Å²) in [7, 11) is 0. The Hall–Kier alpha value is -3.03. The Morgan fingerprint density at radius 1 is 1.19 bits per heavy atom. The first-order valence-electron chi connectivity index (χ1n) is 8.18. The molecule has 2 rings (SSSR count). The minimum atomic E-state index is -0.181. The van der Waals surface area contributed by atoms with Gasteiger partial charge in [-0.15, -0.1) is 0 Å². The summed E-state index contributed by atoms with van der Waals surface area (Å²) in [5, 5.41) is 21.5. The van der Waals surface area contributed by atoms with Crippen LogP contribution in [0.5, 0.6) is 0 Å². The van der Waals surface area contributed by atoms with Crippen LogP contribution in [0.15, 0.2) is 29.3 Å². The van der Waals surface area contributed by atoms with Crippen LogP contribution in [-0.2, 0) is 17.6 Å². The van der Waals surface area contributed by atoms with Gasteiger partial charge in [-0.3, -0.25) is 4.79 Å². The highest BCUT2D eigenvalue weighted by molar-refractivity contribution is 8.00. The maximum Gasteiger partial charge on any atom is 0.234 e. The van der Waals surface area contributed by atoms with Gasteiger partial charge in [0.15, 0.2) is 0 Å². The van der Waals surface area contributed by atoms with Gasteiger partial charge in [-0.05, 0) is 30.0 Å². The number of para-hydroxylation sites is 1. The Balaban J connectivity index is 2.15. The molecule has 0 bridgehead atoms. The first kappa shape index (κ1) is 19.3. The van der Waals surface area contributed by atoms with Crippen LogP contribution in [0.3, 0.4) is 0 Å². The van der Waals surface area contributed by atoms with Crippen LogP contribution in [0.2, 0.25) is 0 Å². The zero-order valence-electron chi connectivity index (χ0n) is 14.7. The zero-order chi connectivity index (χ0) is 19.1. The van der Waals surface area contributed by atoms with Crippen molar-refractivity contribution in [2.75, 3.05) is 16.8 Å². The number of carbonyl (C=O) groups excluding carboxylic acids is 1. The number of nitriles is 2. The number of hydrogen-bond acceptors (Lipinski definition) is 6. The van der Waals surface area contributed by atoms with E-state index in [0.29, 0.717) is 5.03 Å². The number of carbonyl (C=O) groups is 1. The van der Waals surface area contributed by atoms with Crippen LogP contribution in [-0.4, -0.2) is 16.6 Å². The number of hydrogen-bond donors (Lipinski definition) is 2. The highest BCUT2D eigenvalue weighted by Crippen LogP contribution is 2.26. The van der Waals surface area contributed by atoms with Crippen molar-refractivity contribution in [2.45, 2.75) is 31.7 Å². The number of anilines is 2. The van der Waals surface area contributed by atoms with Crippen LogP contribution in [0.1, 0.15) is 36.1 Å². The molecule has 0 aliphatic rings. The van der Waals surface area contributed by atoms with Gasteiger partial charge in [0.2, 0.25) is 5.91 Å². The zero-order valence-corrected chi connectivity index (χ0v) is 15.5. The third-order valence-electron chi connectivity index (χ3n) is 3.86. The van der Waals surface area contributed by atoms with Gasteiger partial charge >= 0.3 is 0 Å². The van der Waals surface area contributed by atoms with Gasteiger partial charge in [0.25, 0.3) is 0 Å². The number of nitrogens with one attached hydrogen (secondary N) is 1. The lowest BCUT2D eigenvalue weighted by atomic mass is 10.0. The van der Waals surface area contributed by atoms with Crippen molar-refractivity contribution < 1.29 is 4.79 Å². The van der Waals surface area contributed by atoms with E-state index in [-0.39, 0.29) is 28.6 Å². The fourth-order valence-electron chi connectivity index (χ4n) is 2.50. The van der Waals surface area contributed by atoms with Gasteiger partial charge in [-0.1, -0.05) is 43.8 Å². The first-order valence-corrected chi connectivity index (χ1v) is 9.16. The molecule has 0 unspecified atom stereocenters. The van der Waals surface area contributed by atoms with Crippen LogP contribution in [0.25, 0.3) is 0 Å². The summed E-state index contributed by atoms with van der Waals surface area (Å²) in [6.45, 7) is 4.09. The Morgan fingerprint density at radius 2 is 1.81 bits per heavy atom. The first-order chi connectivity index (χ1) is 12.5. The van der Waals surface area contributed by atoms with Crippen molar-refractivity contribution in [3.63, 3.8) is 0 Å². The van der Waals surface area contributed by atoms with E-state index in [2.05, 4.69) is 10.3 Å². The quantitative estimate of drug-likeness (QED) is 0.759. The van der Waals surface area contributed by atoms with Gasteiger partial charge in [0.1, 0.15) is 23.0 Å². The molecule has 2 aromatic rings. The maximum atomic E-state index is 12.4. The molecule has 3 N–H and O–H groups in total. The van der Waals surface area contributed by atoms with Gasteiger partial charge in [-0.25, -0.2) is 4.98 Å². The largest absolute Gasteiger partial charge is 0.383 e. The Morgan fingerprint density at radius 3 is 2.35 bits per heavy atom. The fourth-order valence-corrected chi connectivity index (χ4v) is 3.27. The van der Waals surface area contributed by atoms with Crippen LogP contribution < -0.4 is 11.1 Å². The second kappa shape index (κ2) is 8.89. The lowest BCUT2D eigenvalue weighted by Crippen LogP contribution is -2.17. The highest BCUT2D eigenvalue weighted by atomic mass is 32.2. The number of nitrogens with zero attached hydrogens (tertiary/aromatic N) is 3. The molecule has 1 aromatic heterocycles. The number of pyridine rings is 1. The minimum absolute atomic E-state index is 0.0546. The molecule has 0 saturated carbocycles. The van der Waals surface area contributed by atoms with Crippen molar-refractivity contribution >= 4 is 29.2 Å². The third kappa shape index (κ3) is 4.33. The standard InChI is InChI=1S/C19H19N5OS/c1-3-12-6-5-7-13(4-2)17(12)23-16(25)11-26-19-15(10-21)8-14(9-20)18(22)24-19/h5-8H,3-4,11H2,1-2H3,(H2,22,24)(H,23,25). The summed E-state index contributed by atoms with van der Waals surface area (Å²) in [4.78, 5) is 16.5. The van der Waals surface area contributed by atoms with Crippen molar-refractivity contribution in [3.8, 4) is 12.1 Å². The molecule has 1 amide bonds. The average Bonchev–Trinajstić information content (AvgIpc) is 2.66. The molecule has 0 radical (unpaired) electrons. The highest BCUT2D eigenvalue weighted by Gasteiger charge is 2.14. The van der Waals surface area contributed by atoms with E-state index >= 15 is 0 Å². The Kier molecular flexibility index (Phi) is 6.60. The molecular weight excluding hydrogens is 346 g/mol. The summed E-state index contributed by atoms with van der Waals surface area (Å²) >= 11 is 1.12. The van der Waals surface area contributed by atoms with E-state index < -0.39 is 0 Å². The molecule has 7 heteroatoms. The number of nitrogen functional groups attached to an aromatic ring is 1. The Labute approximate surface area is 157 Å². The predicted molar refractivity (Wildman–Crippen MR) is 103 cm³/mol. The molecule has 6 nitrogen and oxygen atoms in total. The molecule has 26 heavy (non-hydrogen) atoms. The summed E-state index contributed by atoms with van der Waals surface area (Å²) in [6.07, 6.45) is 1.64. The molecule has 0 spiro atoms. The molecule has 0 aliphatic heterocycles. The van der Waals surface area contributed by atoms with Crippen molar-refractivity contribution in [3.05, 3.63) is 46.5 Å².